The molecule has 0 aromatic heterocycles. The highest BCUT2D eigenvalue weighted by molar-refractivity contribution is 6.35. The monoisotopic (exact) mass is 386 g/mol. The standard InChI is InChI=1S/C13H11Cl2F3N2O4/c14-6-1-7(15)3-8(2-6)19-10(21)4-9(5-11(22)23)20-12(24)13(16,17)18/h1-3,9H,4-5H2,(H,19,21)(H,20,24)(H,22,23). The van der Waals surface area contributed by atoms with E-state index in [1.165, 1.54) is 23.5 Å². The molecule has 0 aliphatic carbocycles. The molecular formula is C13H11Cl2F3N2O4. The van der Waals surface area contributed by atoms with Gasteiger partial charge in [-0.25, -0.2) is 0 Å². The van der Waals surface area contributed by atoms with Crippen molar-refractivity contribution in [2.75, 3.05) is 5.32 Å². The summed E-state index contributed by atoms with van der Waals surface area (Å²) in [5, 5.41) is 12.9. The second-order valence-corrected chi connectivity index (χ2v) is 5.55. The van der Waals surface area contributed by atoms with Crippen molar-refractivity contribution in [3.05, 3.63) is 28.2 Å². The Bertz CT molecular complexity index is 632. The van der Waals surface area contributed by atoms with Crippen LogP contribution in [0.3, 0.4) is 0 Å². The number of benzene rings is 1. The molecule has 1 rings (SSSR count). The normalized spacial score (nSPS) is 12.4. The van der Waals surface area contributed by atoms with Crippen molar-refractivity contribution in [3.63, 3.8) is 0 Å². The number of aliphatic carboxylic acids is 1. The van der Waals surface area contributed by atoms with Gasteiger partial charge in [-0.1, -0.05) is 23.2 Å². The van der Waals surface area contributed by atoms with Gasteiger partial charge in [0.15, 0.2) is 0 Å². The molecule has 1 atom stereocenters. The number of carboxylic acid groups (broad SMARTS) is 1. The Hall–Kier alpha value is -2.00. The molecule has 0 spiro atoms. The molecule has 0 bridgehead atoms. The summed E-state index contributed by atoms with van der Waals surface area (Å²) in [6.07, 6.45) is -6.72. The van der Waals surface area contributed by atoms with E-state index >= 15 is 0 Å². The zero-order chi connectivity index (χ0) is 18.5. The Balaban J connectivity index is 2.76. The first kappa shape index (κ1) is 20.0. The van der Waals surface area contributed by atoms with Crippen LogP contribution >= 0.6 is 23.2 Å². The molecule has 0 saturated carbocycles. The first-order valence-corrected chi connectivity index (χ1v) is 7.08. The minimum Gasteiger partial charge on any atom is -0.481 e. The van der Waals surface area contributed by atoms with Crippen LogP contribution in [0.4, 0.5) is 18.9 Å². The number of carboxylic acids is 1. The van der Waals surface area contributed by atoms with Gasteiger partial charge in [-0.15, -0.1) is 0 Å². The minimum atomic E-state index is -5.19. The van der Waals surface area contributed by atoms with Gasteiger partial charge in [-0.3, -0.25) is 14.4 Å². The second kappa shape index (κ2) is 8.20. The van der Waals surface area contributed by atoms with E-state index in [9.17, 15) is 27.6 Å². The van der Waals surface area contributed by atoms with E-state index in [2.05, 4.69) is 5.32 Å². The van der Waals surface area contributed by atoms with Crippen molar-refractivity contribution in [2.24, 2.45) is 0 Å². The van der Waals surface area contributed by atoms with E-state index in [1.807, 2.05) is 0 Å². The van der Waals surface area contributed by atoms with Crippen LogP contribution < -0.4 is 10.6 Å². The van der Waals surface area contributed by atoms with E-state index < -0.39 is 42.8 Å². The number of nitrogens with one attached hydrogen (secondary N) is 2. The first-order chi connectivity index (χ1) is 11.0. The summed E-state index contributed by atoms with van der Waals surface area (Å²) in [5.41, 5.74) is 0.175. The maximum Gasteiger partial charge on any atom is 0.471 e. The Morgan fingerprint density at radius 3 is 2.08 bits per heavy atom. The van der Waals surface area contributed by atoms with E-state index in [0.29, 0.717) is 0 Å². The van der Waals surface area contributed by atoms with Gasteiger partial charge in [-0.05, 0) is 18.2 Å². The van der Waals surface area contributed by atoms with Crippen LogP contribution in [0.2, 0.25) is 10.0 Å². The lowest BCUT2D eigenvalue weighted by Crippen LogP contribution is -2.45. The molecule has 0 aliphatic heterocycles. The molecule has 1 aromatic carbocycles. The molecule has 132 valence electrons. The van der Waals surface area contributed by atoms with Crippen LogP contribution in [0, 0.1) is 0 Å². The number of alkyl halides is 3. The number of carbonyl (C=O) groups is 3. The number of hydrogen-bond acceptors (Lipinski definition) is 3. The fraction of sp³-hybridized carbons (Fsp3) is 0.308. The predicted octanol–water partition coefficient (Wildman–Crippen LogP) is 2.84. The Labute approximate surface area is 143 Å². The smallest absolute Gasteiger partial charge is 0.471 e. The van der Waals surface area contributed by atoms with E-state index in [-0.39, 0.29) is 15.7 Å². The highest BCUT2D eigenvalue weighted by Gasteiger charge is 2.40. The summed E-state index contributed by atoms with van der Waals surface area (Å²) < 4.78 is 36.7. The summed E-state index contributed by atoms with van der Waals surface area (Å²) in [6.45, 7) is 0. The highest BCUT2D eigenvalue weighted by atomic mass is 35.5. The summed E-state index contributed by atoms with van der Waals surface area (Å²) in [4.78, 5) is 33.4. The molecule has 0 radical (unpaired) electrons. The fourth-order valence-electron chi connectivity index (χ4n) is 1.71. The summed E-state index contributed by atoms with van der Waals surface area (Å²) in [7, 11) is 0. The van der Waals surface area contributed by atoms with Crippen molar-refractivity contribution in [1.29, 1.82) is 0 Å². The lowest BCUT2D eigenvalue weighted by atomic mass is 10.1. The van der Waals surface area contributed by atoms with Gasteiger partial charge in [0.1, 0.15) is 0 Å². The third kappa shape index (κ3) is 7.05. The predicted molar refractivity (Wildman–Crippen MR) is 79.9 cm³/mol. The first-order valence-electron chi connectivity index (χ1n) is 6.33. The summed E-state index contributed by atoms with van der Waals surface area (Å²) in [6, 6.07) is 2.54. The average Bonchev–Trinajstić information content (AvgIpc) is 2.34. The van der Waals surface area contributed by atoms with Crippen molar-refractivity contribution < 1.29 is 32.7 Å². The number of carbonyl (C=O) groups excluding carboxylic acids is 2. The largest absolute Gasteiger partial charge is 0.481 e. The molecule has 1 aromatic rings. The van der Waals surface area contributed by atoms with E-state index in [1.54, 1.807) is 0 Å². The van der Waals surface area contributed by atoms with Gasteiger partial charge < -0.3 is 15.7 Å². The molecule has 3 N–H and O–H groups in total. The van der Waals surface area contributed by atoms with Gasteiger partial charge in [0.05, 0.1) is 6.42 Å². The highest BCUT2D eigenvalue weighted by Crippen LogP contribution is 2.22. The topological polar surface area (TPSA) is 95.5 Å². The summed E-state index contributed by atoms with van der Waals surface area (Å²) in [5.74, 6) is -4.62. The van der Waals surface area contributed by atoms with Crippen molar-refractivity contribution in [3.8, 4) is 0 Å². The molecule has 0 heterocycles. The molecule has 0 aliphatic rings. The molecule has 0 saturated heterocycles. The number of halogens is 5. The zero-order valence-electron chi connectivity index (χ0n) is 11.8. The molecule has 11 heteroatoms. The van der Waals surface area contributed by atoms with E-state index in [4.69, 9.17) is 28.3 Å². The Morgan fingerprint density at radius 1 is 1.08 bits per heavy atom. The van der Waals surface area contributed by atoms with Gasteiger partial charge in [0, 0.05) is 28.2 Å². The third-order valence-corrected chi connectivity index (χ3v) is 3.03. The minimum absolute atomic E-state index is 0.175. The van der Waals surface area contributed by atoms with Gasteiger partial charge in [-0.2, -0.15) is 13.2 Å². The van der Waals surface area contributed by atoms with Gasteiger partial charge >= 0.3 is 18.1 Å². The van der Waals surface area contributed by atoms with E-state index in [0.717, 1.165) is 0 Å². The number of amides is 2. The summed E-state index contributed by atoms with van der Waals surface area (Å²) >= 11 is 11.5. The zero-order valence-corrected chi connectivity index (χ0v) is 13.3. The number of hydrogen-bond donors (Lipinski definition) is 3. The molecule has 1 unspecified atom stereocenters. The molecule has 2 amide bonds. The van der Waals surface area contributed by atoms with Crippen LogP contribution in [-0.4, -0.2) is 35.1 Å². The molecule has 24 heavy (non-hydrogen) atoms. The molecule has 6 nitrogen and oxygen atoms in total. The Morgan fingerprint density at radius 2 is 1.62 bits per heavy atom. The fourth-order valence-corrected chi connectivity index (χ4v) is 2.24. The maximum atomic E-state index is 12.2. The van der Waals surface area contributed by atoms with Crippen LogP contribution in [0.15, 0.2) is 18.2 Å². The van der Waals surface area contributed by atoms with Crippen molar-refractivity contribution >= 4 is 46.7 Å². The van der Waals surface area contributed by atoms with Crippen molar-refractivity contribution in [2.45, 2.75) is 25.1 Å². The molecular weight excluding hydrogens is 376 g/mol. The molecule has 0 fully saturated rings. The SMILES string of the molecule is O=C(O)CC(CC(=O)Nc1cc(Cl)cc(Cl)c1)NC(=O)C(F)(F)F. The van der Waals surface area contributed by atoms with Gasteiger partial charge in [0.25, 0.3) is 0 Å². The van der Waals surface area contributed by atoms with Crippen molar-refractivity contribution in [1.82, 2.24) is 5.32 Å². The van der Waals surface area contributed by atoms with Crippen LogP contribution in [0.5, 0.6) is 0 Å². The third-order valence-electron chi connectivity index (χ3n) is 2.59. The van der Waals surface area contributed by atoms with Crippen LogP contribution in [-0.2, 0) is 14.4 Å². The second-order valence-electron chi connectivity index (χ2n) is 4.68. The van der Waals surface area contributed by atoms with Crippen LogP contribution in [0.1, 0.15) is 12.8 Å². The number of rotatable bonds is 6. The van der Waals surface area contributed by atoms with Crippen LogP contribution in [0.25, 0.3) is 0 Å². The lowest BCUT2D eigenvalue weighted by Gasteiger charge is -2.17. The Kier molecular flexibility index (Phi) is 6.85. The average molecular weight is 387 g/mol. The lowest BCUT2D eigenvalue weighted by molar-refractivity contribution is -0.174. The number of anilines is 1. The quantitative estimate of drug-likeness (QED) is 0.700. The van der Waals surface area contributed by atoms with Gasteiger partial charge in [0.2, 0.25) is 5.91 Å². The maximum absolute atomic E-state index is 12.2.